The van der Waals surface area contributed by atoms with Gasteiger partial charge < -0.3 is 11.1 Å². The first kappa shape index (κ1) is 9.25. The highest BCUT2D eigenvalue weighted by Gasteiger charge is 2.01. The number of carbonyl (C=O) groups excluding carboxylic acids is 2. The van der Waals surface area contributed by atoms with Gasteiger partial charge in [0.15, 0.2) is 0 Å². The van der Waals surface area contributed by atoms with E-state index in [4.69, 9.17) is 5.73 Å². The van der Waals surface area contributed by atoms with Crippen molar-refractivity contribution in [3.63, 3.8) is 0 Å². The summed E-state index contributed by atoms with van der Waals surface area (Å²) in [7, 11) is 0. The zero-order chi connectivity index (χ0) is 9.84. The van der Waals surface area contributed by atoms with Crippen LogP contribution in [0, 0.1) is 0 Å². The summed E-state index contributed by atoms with van der Waals surface area (Å²) >= 11 is 0. The number of nitrogens with two attached hydrogens (primary N) is 1. The standard InChI is InChI=1S/C9H10N2O2/c1-6(12)11-8-4-2-3-7(5-8)9(10)13/h2-5H,1H3,(H2,10,13)(H,11,12). The van der Waals surface area contributed by atoms with Crippen molar-refractivity contribution in [3.8, 4) is 0 Å². The summed E-state index contributed by atoms with van der Waals surface area (Å²) < 4.78 is 0. The summed E-state index contributed by atoms with van der Waals surface area (Å²) in [5, 5.41) is 2.55. The number of hydrogen-bond acceptors (Lipinski definition) is 2. The minimum atomic E-state index is -0.507. The largest absolute Gasteiger partial charge is 0.366 e. The quantitative estimate of drug-likeness (QED) is 0.701. The van der Waals surface area contributed by atoms with Gasteiger partial charge in [-0.1, -0.05) is 6.07 Å². The summed E-state index contributed by atoms with van der Waals surface area (Å²) in [6.45, 7) is 1.40. The molecule has 0 spiro atoms. The van der Waals surface area contributed by atoms with Crippen LogP contribution < -0.4 is 11.1 Å². The maximum Gasteiger partial charge on any atom is 0.248 e. The van der Waals surface area contributed by atoms with E-state index in [0.717, 1.165) is 0 Å². The fourth-order valence-corrected chi connectivity index (χ4v) is 0.953. The van der Waals surface area contributed by atoms with Gasteiger partial charge in [-0.25, -0.2) is 0 Å². The van der Waals surface area contributed by atoms with Gasteiger partial charge >= 0.3 is 0 Å². The van der Waals surface area contributed by atoms with Crippen LogP contribution in [-0.2, 0) is 4.79 Å². The molecule has 0 aliphatic rings. The molecule has 0 fully saturated rings. The van der Waals surface area contributed by atoms with Crippen LogP contribution in [0.25, 0.3) is 0 Å². The molecular weight excluding hydrogens is 168 g/mol. The van der Waals surface area contributed by atoms with Crippen LogP contribution in [0.5, 0.6) is 0 Å². The van der Waals surface area contributed by atoms with Crippen molar-refractivity contribution < 1.29 is 9.59 Å². The predicted molar refractivity (Wildman–Crippen MR) is 49.3 cm³/mol. The molecule has 0 radical (unpaired) electrons. The summed E-state index contributed by atoms with van der Waals surface area (Å²) in [6.07, 6.45) is 0. The number of benzene rings is 1. The first-order chi connectivity index (χ1) is 6.09. The number of nitrogens with one attached hydrogen (secondary N) is 1. The van der Waals surface area contributed by atoms with Crippen LogP contribution in [0.1, 0.15) is 17.3 Å². The van der Waals surface area contributed by atoms with E-state index in [-0.39, 0.29) is 5.91 Å². The Bertz CT molecular complexity index is 347. The third-order valence-electron chi connectivity index (χ3n) is 1.47. The van der Waals surface area contributed by atoms with Gasteiger partial charge in [-0.2, -0.15) is 0 Å². The first-order valence-electron chi connectivity index (χ1n) is 3.77. The van der Waals surface area contributed by atoms with Crippen molar-refractivity contribution in [3.05, 3.63) is 29.8 Å². The second-order valence-electron chi connectivity index (χ2n) is 2.63. The van der Waals surface area contributed by atoms with Gasteiger partial charge in [0.05, 0.1) is 0 Å². The van der Waals surface area contributed by atoms with Crippen molar-refractivity contribution in [1.82, 2.24) is 0 Å². The Hall–Kier alpha value is -1.84. The molecule has 1 rings (SSSR count). The molecule has 0 heterocycles. The molecule has 3 N–H and O–H groups in total. The van der Waals surface area contributed by atoms with Gasteiger partial charge in [-0.15, -0.1) is 0 Å². The lowest BCUT2D eigenvalue weighted by molar-refractivity contribution is -0.114. The van der Waals surface area contributed by atoms with Crippen LogP contribution in [0.3, 0.4) is 0 Å². The van der Waals surface area contributed by atoms with E-state index in [1.165, 1.54) is 13.0 Å². The number of rotatable bonds is 2. The smallest absolute Gasteiger partial charge is 0.248 e. The van der Waals surface area contributed by atoms with Crippen LogP contribution in [0.15, 0.2) is 24.3 Å². The van der Waals surface area contributed by atoms with E-state index in [0.29, 0.717) is 11.3 Å². The highest BCUT2D eigenvalue weighted by molar-refractivity contribution is 5.95. The third-order valence-corrected chi connectivity index (χ3v) is 1.47. The molecule has 0 aromatic heterocycles. The normalized spacial score (nSPS) is 9.31. The van der Waals surface area contributed by atoms with E-state index < -0.39 is 5.91 Å². The molecule has 4 heteroatoms. The second-order valence-corrected chi connectivity index (χ2v) is 2.63. The van der Waals surface area contributed by atoms with Crippen LogP contribution in [-0.4, -0.2) is 11.8 Å². The lowest BCUT2D eigenvalue weighted by atomic mass is 10.2. The average Bonchev–Trinajstić information content (AvgIpc) is 2.03. The summed E-state index contributed by atoms with van der Waals surface area (Å²) in [6, 6.07) is 6.47. The Labute approximate surface area is 75.7 Å². The van der Waals surface area contributed by atoms with Crippen LogP contribution >= 0.6 is 0 Å². The number of amides is 2. The molecule has 0 saturated heterocycles. The van der Waals surface area contributed by atoms with Gasteiger partial charge in [-0.05, 0) is 18.2 Å². The zero-order valence-electron chi connectivity index (χ0n) is 7.20. The first-order valence-corrected chi connectivity index (χ1v) is 3.77. The number of primary amides is 1. The number of carbonyl (C=O) groups is 2. The molecular formula is C9H10N2O2. The lowest BCUT2D eigenvalue weighted by Crippen LogP contribution is -2.12. The van der Waals surface area contributed by atoms with Crippen molar-refractivity contribution in [1.29, 1.82) is 0 Å². The Morgan fingerprint density at radius 2 is 2.08 bits per heavy atom. The number of hydrogen-bond donors (Lipinski definition) is 2. The minimum Gasteiger partial charge on any atom is -0.366 e. The SMILES string of the molecule is CC(=O)Nc1cccc(C(N)=O)c1. The molecule has 0 saturated carbocycles. The monoisotopic (exact) mass is 178 g/mol. The van der Waals surface area contributed by atoms with E-state index in [2.05, 4.69) is 5.32 Å². The average molecular weight is 178 g/mol. The van der Waals surface area contributed by atoms with E-state index >= 15 is 0 Å². The molecule has 1 aromatic carbocycles. The maximum absolute atomic E-state index is 10.7. The van der Waals surface area contributed by atoms with E-state index in [1.54, 1.807) is 18.2 Å². The van der Waals surface area contributed by atoms with E-state index in [1.807, 2.05) is 0 Å². The van der Waals surface area contributed by atoms with Gasteiger partial charge in [0, 0.05) is 18.2 Å². The molecule has 68 valence electrons. The summed E-state index contributed by atoms with van der Waals surface area (Å²) in [5.74, 6) is -0.686. The van der Waals surface area contributed by atoms with Crippen molar-refractivity contribution in [2.75, 3.05) is 5.32 Å². The Kier molecular flexibility index (Phi) is 2.64. The number of anilines is 1. The van der Waals surface area contributed by atoms with Gasteiger partial charge in [-0.3, -0.25) is 9.59 Å². The zero-order valence-corrected chi connectivity index (χ0v) is 7.20. The van der Waals surface area contributed by atoms with Crippen LogP contribution in [0.4, 0.5) is 5.69 Å². The highest BCUT2D eigenvalue weighted by Crippen LogP contribution is 2.09. The predicted octanol–water partition coefficient (Wildman–Crippen LogP) is 0.744. The van der Waals surface area contributed by atoms with Gasteiger partial charge in [0.2, 0.25) is 11.8 Å². The molecule has 1 aromatic rings. The molecule has 2 amide bonds. The minimum absolute atomic E-state index is 0.179. The molecule has 0 unspecified atom stereocenters. The Balaban J connectivity index is 2.91. The topological polar surface area (TPSA) is 72.2 Å². The Morgan fingerprint density at radius 3 is 2.62 bits per heavy atom. The Morgan fingerprint density at radius 1 is 1.38 bits per heavy atom. The van der Waals surface area contributed by atoms with Gasteiger partial charge in [0.25, 0.3) is 0 Å². The van der Waals surface area contributed by atoms with E-state index in [9.17, 15) is 9.59 Å². The summed E-state index contributed by atoms with van der Waals surface area (Å²) in [5.41, 5.74) is 6.02. The van der Waals surface area contributed by atoms with Crippen molar-refractivity contribution in [2.45, 2.75) is 6.92 Å². The lowest BCUT2D eigenvalue weighted by Gasteiger charge is -2.02. The third kappa shape index (κ3) is 2.59. The maximum atomic E-state index is 10.7. The second kappa shape index (κ2) is 3.71. The molecule has 0 aliphatic carbocycles. The fourth-order valence-electron chi connectivity index (χ4n) is 0.953. The van der Waals surface area contributed by atoms with Gasteiger partial charge in [0.1, 0.15) is 0 Å². The molecule has 4 nitrogen and oxygen atoms in total. The highest BCUT2D eigenvalue weighted by atomic mass is 16.1. The fraction of sp³-hybridized carbons (Fsp3) is 0.111. The molecule has 0 bridgehead atoms. The van der Waals surface area contributed by atoms with Crippen molar-refractivity contribution in [2.24, 2.45) is 5.73 Å². The summed E-state index contributed by atoms with van der Waals surface area (Å²) in [4.78, 5) is 21.4. The molecule has 13 heavy (non-hydrogen) atoms. The van der Waals surface area contributed by atoms with Crippen molar-refractivity contribution >= 4 is 17.5 Å². The van der Waals surface area contributed by atoms with Crippen LogP contribution in [0.2, 0.25) is 0 Å². The molecule has 0 atom stereocenters. The molecule has 0 aliphatic heterocycles.